The summed E-state index contributed by atoms with van der Waals surface area (Å²) < 4.78 is 18.9. The molecular formula is C22H19ClFN5O. The molecule has 3 aromatic heterocycles. The van der Waals surface area contributed by atoms with E-state index in [1.54, 1.807) is 12.3 Å². The lowest BCUT2D eigenvalue weighted by atomic mass is 10.1. The largest absolute Gasteiger partial charge is 0.378 e. The SMILES string of the molecule is Fc1cccc(Cc2nc3ccc(-c4cc(N5CCOCC5)ncc4Cl)nc3[nH]2)c1. The van der Waals surface area contributed by atoms with Crippen LogP contribution in [0.3, 0.4) is 0 Å². The van der Waals surface area contributed by atoms with Crippen LogP contribution in [0.25, 0.3) is 22.4 Å². The number of fused-ring (bicyclic) bond motifs is 1. The number of hydrogen-bond donors (Lipinski definition) is 1. The van der Waals surface area contributed by atoms with E-state index in [2.05, 4.69) is 19.9 Å². The van der Waals surface area contributed by atoms with Crippen molar-refractivity contribution in [2.24, 2.45) is 0 Å². The number of hydrogen-bond acceptors (Lipinski definition) is 5. The number of nitrogens with one attached hydrogen (secondary N) is 1. The van der Waals surface area contributed by atoms with Gasteiger partial charge in [-0.2, -0.15) is 0 Å². The van der Waals surface area contributed by atoms with E-state index in [0.29, 0.717) is 30.3 Å². The minimum absolute atomic E-state index is 0.257. The minimum atomic E-state index is -0.257. The van der Waals surface area contributed by atoms with Gasteiger partial charge in [-0.05, 0) is 35.9 Å². The molecule has 1 fully saturated rings. The lowest BCUT2D eigenvalue weighted by molar-refractivity contribution is 0.122. The number of aromatic amines is 1. The minimum Gasteiger partial charge on any atom is -0.378 e. The predicted octanol–water partition coefficient (Wildman–Crippen LogP) is 4.24. The maximum Gasteiger partial charge on any atom is 0.158 e. The molecule has 5 rings (SSSR count). The van der Waals surface area contributed by atoms with Gasteiger partial charge in [0.1, 0.15) is 23.0 Å². The van der Waals surface area contributed by atoms with Crippen LogP contribution >= 0.6 is 11.6 Å². The Hall–Kier alpha value is -3.03. The van der Waals surface area contributed by atoms with Gasteiger partial charge in [0.2, 0.25) is 0 Å². The zero-order valence-corrected chi connectivity index (χ0v) is 16.9. The molecule has 0 aliphatic carbocycles. The van der Waals surface area contributed by atoms with Gasteiger partial charge < -0.3 is 14.6 Å². The molecular weight excluding hydrogens is 405 g/mol. The molecule has 0 radical (unpaired) electrons. The fourth-order valence-corrected chi connectivity index (χ4v) is 3.81. The molecule has 4 aromatic rings. The molecule has 1 aromatic carbocycles. The number of rotatable bonds is 4. The van der Waals surface area contributed by atoms with Gasteiger partial charge in [-0.15, -0.1) is 0 Å². The van der Waals surface area contributed by atoms with Crippen molar-refractivity contribution in [1.29, 1.82) is 0 Å². The Balaban J connectivity index is 1.46. The quantitative estimate of drug-likeness (QED) is 0.531. The summed E-state index contributed by atoms with van der Waals surface area (Å²) in [6.07, 6.45) is 2.16. The van der Waals surface area contributed by atoms with E-state index in [9.17, 15) is 4.39 Å². The first kappa shape index (κ1) is 19.0. The molecule has 4 heterocycles. The van der Waals surface area contributed by atoms with Crippen molar-refractivity contribution in [1.82, 2.24) is 19.9 Å². The fourth-order valence-electron chi connectivity index (χ4n) is 3.61. The lowest BCUT2D eigenvalue weighted by Crippen LogP contribution is -2.36. The van der Waals surface area contributed by atoms with Crippen molar-refractivity contribution in [3.63, 3.8) is 0 Å². The van der Waals surface area contributed by atoms with Gasteiger partial charge in [-0.3, -0.25) is 0 Å². The van der Waals surface area contributed by atoms with Crippen LogP contribution in [0.1, 0.15) is 11.4 Å². The molecule has 1 saturated heterocycles. The van der Waals surface area contributed by atoms with Crippen LogP contribution in [0.4, 0.5) is 10.2 Å². The third-order valence-electron chi connectivity index (χ3n) is 5.10. The van der Waals surface area contributed by atoms with E-state index in [-0.39, 0.29) is 5.82 Å². The average Bonchev–Trinajstić information content (AvgIpc) is 3.16. The summed E-state index contributed by atoms with van der Waals surface area (Å²) in [5.74, 6) is 1.33. The highest BCUT2D eigenvalue weighted by molar-refractivity contribution is 6.33. The van der Waals surface area contributed by atoms with Crippen LogP contribution in [-0.4, -0.2) is 46.2 Å². The Labute approximate surface area is 177 Å². The first-order valence-electron chi connectivity index (χ1n) is 9.74. The van der Waals surface area contributed by atoms with Crippen LogP contribution in [0.5, 0.6) is 0 Å². The molecule has 30 heavy (non-hydrogen) atoms. The Bertz CT molecular complexity index is 1210. The molecule has 0 unspecified atom stereocenters. The zero-order valence-electron chi connectivity index (χ0n) is 16.1. The maximum absolute atomic E-state index is 13.4. The van der Waals surface area contributed by atoms with Gasteiger partial charge in [0, 0.05) is 31.3 Å². The number of pyridine rings is 2. The van der Waals surface area contributed by atoms with Crippen LogP contribution in [-0.2, 0) is 11.2 Å². The molecule has 1 aliphatic heterocycles. The number of morpholine rings is 1. The summed E-state index contributed by atoms with van der Waals surface area (Å²) in [5, 5.41) is 0.540. The van der Waals surface area contributed by atoms with Gasteiger partial charge in [0.25, 0.3) is 0 Å². The highest BCUT2D eigenvalue weighted by Gasteiger charge is 2.16. The van der Waals surface area contributed by atoms with E-state index in [0.717, 1.165) is 47.1 Å². The van der Waals surface area contributed by atoms with Crippen molar-refractivity contribution >= 4 is 28.6 Å². The Kier molecular flexibility index (Phi) is 5.06. The van der Waals surface area contributed by atoms with Gasteiger partial charge in [-0.1, -0.05) is 23.7 Å². The summed E-state index contributed by atoms with van der Waals surface area (Å²) in [6.45, 7) is 2.97. The van der Waals surface area contributed by atoms with E-state index in [1.807, 2.05) is 24.3 Å². The molecule has 0 atom stereocenters. The Morgan fingerprint density at radius 2 is 1.97 bits per heavy atom. The second kappa shape index (κ2) is 8.01. The normalized spacial score (nSPS) is 14.4. The van der Waals surface area contributed by atoms with Crippen molar-refractivity contribution in [2.75, 3.05) is 31.2 Å². The number of halogens is 2. The number of anilines is 1. The van der Waals surface area contributed by atoms with Crippen molar-refractivity contribution in [3.8, 4) is 11.3 Å². The molecule has 1 aliphatic rings. The number of nitrogens with zero attached hydrogens (tertiary/aromatic N) is 4. The smallest absolute Gasteiger partial charge is 0.158 e. The molecule has 1 N–H and O–H groups in total. The molecule has 6 nitrogen and oxygen atoms in total. The van der Waals surface area contributed by atoms with Crippen molar-refractivity contribution in [2.45, 2.75) is 6.42 Å². The standard InChI is InChI=1S/C22H19ClFN5O/c23-17-13-25-21(29-6-8-30-9-7-29)12-16(17)18-4-5-19-22(27-18)28-20(26-19)11-14-2-1-3-15(24)10-14/h1-5,10,12-13H,6-9,11H2,(H,26,27,28). The number of aromatic nitrogens is 4. The summed E-state index contributed by atoms with van der Waals surface area (Å²) in [5.41, 5.74) is 3.83. The monoisotopic (exact) mass is 423 g/mol. The summed E-state index contributed by atoms with van der Waals surface area (Å²) in [7, 11) is 0. The third kappa shape index (κ3) is 3.86. The van der Waals surface area contributed by atoms with Crippen molar-refractivity contribution in [3.05, 3.63) is 70.9 Å². The molecule has 0 saturated carbocycles. The van der Waals surface area contributed by atoms with Crippen LogP contribution in [0, 0.1) is 5.82 Å². The number of benzene rings is 1. The van der Waals surface area contributed by atoms with Crippen LogP contribution in [0.15, 0.2) is 48.7 Å². The average molecular weight is 424 g/mol. The summed E-state index contributed by atoms with van der Waals surface area (Å²) in [4.78, 5) is 19.2. The number of ether oxygens (including phenoxy) is 1. The summed E-state index contributed by atoms with van der Waals surface area (Å²) in [6, 6.07) is 12.3. The molecule has 8 heteroatoms. The molecule has 0 bridgehead atoms. The first-order valence-corrected chi connectivity index (χ1v) is 10.1. The van der Waals surface area contributed by atoms with Gasteiger partial charge in [-0.25, -0.2) is 19.3 Å². The van der Waals surface area contributed by atoms with E-state index < -0.39 is 0 Å². The van der Waals surface area contributed by atoms with E-state index >= 15 is 0 Å². The fraction of sp³-hybridized carbons (Fsp3) is 0.227. The van der Waals surface area contributed by atoms with E-state index in [1.165, 1.54) is 12.1 Å². The maximum atomic E-state index is 13.4. The highest BCUT2D eigenvalue weighted by atomic mass is 35.5. The van der Waals surface area contributed by atoms with E-state index in [4.69, 9.17) is 21.3 Å². The second-order valence-corrected chi connectivity index (χ2v) is 7.58. The summed E-state index contributed by atoms with van der Waals surface area (Å²) >= 11 is 6.44. The highest BCUT2D eigenvalue weighted by Crippen LogP contribution is 2.30. The number of H-pyrrole nitrogens is 1. The second-order valence-electron chi connectivity index (χ2n) is 7.18. The van der Waals surface area contributed by atoms with Crippen LogP contribution < -0.4 is 4.90 Å². The van der Waals surface area contributed by atoms with Gasteiger partial charge >= 0.3 is 0 Å². The first-order chi connectivity index (χ1) is 14.7. The molecule has 0 spiro atoms. The third-order valence-corrected chi connectivity index (χ3v) is 5.41. The van der Waals surface area contributed by atoms with Crippen LogP contribution in [0.2, 0.25) is 5.02 Å². The Morgan fingerprint density at radius 3 is 2.80 bits per heavy atom. The van der Waals surface area contributed by atoms with Crippen molar-refractivity contribution < 1.29 is 9.13 Å². The molecule has 152 valence electrons. The Morgan fingerprint density at radius 1 is 1.10 bits per heavy atom. The number of imidazole rings is 1. The zero-order chi connectivity index (χ0) is 20.5. The topological polar surface area (TPSA) is 66.9 Å². The van der Waals surface area contributed by atoms with Gasteiger partial charge in [0.05, 0.1) is 23.9 Å². The van der Waals surface area contributed by atoms with Gasteiger partial charge in [0.15, 0.2) is 5.65 Å². The predicted molar refractivity (Wildman–Crippen MR) is 114 cm³/mol. The lowest BCUT2D eigenvalue weighted by Gasteiger charge is -2.28. The molecule has 0 amide bonds.